The Balaban J connectivity index is 1.35. The molecule has 4 heteroatoms. The molecule has 0 aliphatic heterocycles. The number of rotatable bonds is 3. The predicted molar refractivity (Wildman–Crippen MR) is 123 cm³/mol. The van der Waals surface area contributed by atoms with Gasteiger partial charge in [0.2, 0.25) is 0 Å². The third kappa shape index (κ3) is 3.35. The van der Waals surface area contributed by atoms with E-state index in [-0.39, 0.29) is 40.4 Å². The van der Waals surface area contributed by atoms with E-state index in [1.807, 2.05) is 6.08 Å². The van der Waals surface area contributed by atoms with E-state index in [2.05, 4.69) is 19.9 Å². The molecule has 0 radical (unpaired) electrons. The molecule has 0 amide bonds. The van der Waals surface area contributed by atoms with Crippen molar-refractivity contribution in [2.24, 2.45) is 34.5 Å². The molecule has 0 N–H and O–H groups in total. The number of ketones is 2. The first-order chi connectivity index (χ1) is 15.2. The van der Waals surface area contributed by atoms with E-state index < -0.39 is 0 Å². The highest BCUT2D eigenvalue weighted by atomic mass is 16.5. The summed E-state index contributed by atoms with van der Waals surface area (Å²) in [5.74, 6) is 1.64. The van der Waals surface area contributed by atoms with Crippen LogP contribution < -0.4 is 0 Å². The highest BCUT2D eigenvalue weighted by Crippen LogP contribution is 2.65. The average Bonchev–Trinajstić information content (AvgIpc) is 3.13. The lowest BCUT2D eigenvalue weighted by molar-refractivity contribution is -0.155. The molecule has 4 nitrogen and oxygen atoms in total. The number of hydrogen-bond acceptors (Lipinski definition) is 4. The molecule has 0 spiro atoms. The van der Waals surface area contributed by atoms with Crippen LogP contribution in [-0.4, -0.2) is 23.6 Å². The zero-order valence-corrected chi connectivity index (χ0v) is 20.0. The van der Waals surface area contributed by atoms with Crippen LogP contribution in [0.1, 0.15) is 91.4 Å². The second kappa shape index (κ2) is 7.95. The minimum Gasteiger partial charge on any atom is -0.458 e. The van der Waals surface area contributed by atoms with E-state index in [4.69, 9.17) is 4.74 Å². The zero-order valence-electron chi connectivity index (χ0n) is 20.0. The summed E-state index contributed by atoms with van der Waals surface area (Å²) in [6.07, 6.45) is 14.6. The standard InChI is InChI=1S/C28H38O4/c1-17(29)21-9-10-22-20-16-25(30)24-15-19(32-26(31)18-7-5-4-6-8-18)11-13-28(24,3)23(20)12-14-27(21,22)2/h9,15,18-20,22-23H,4-8,10-14,16H2,1-3H3/t19-,20-,22-,23-,27+,28+/m0/s1. The quantitative estimate of drug-likeness (QED) is 0.527. The maximum atomic E-state index is 13.4. The van der Waals surface area contributed by atoms with Crippen LogP contribution in [0.3, 0.4) is 0 Å². The van der Waals surface area contributed by atoms with Crippen LogP contribution in [0.15, 0.2) is 23.3 Å². The molecule has 0 unspecified atom stereocenters. The molecule has 3 fully saturated rings. The summed E-state index contributed by atoms with van der Waals surface area (Å²) in [6, 6.07) is 0. The number of fused-ring (bicyclic) bond motifs is 5. The third-order valence-corrected chi connectivity index (χ3v) is 10.1. The van der Waals surface area contributed by atoms with E-state index in [9.17, 15) is 14.4 Å². The van der Waals surface area contributed by atoms with Gasteiger partial charge < -0.3 is 4.74 Å². The van der Waals surface area contributed by atoms with Crippen molar-refractivity contribution in [2.45, 2.75) is 97.5 Å². The summed E-state index contributed by atoms with van der Waals surface area (Å²) in [5, 5.41) is 0. The Morgan fingerprint density at radius 2 is 1.69 bits per heavy atom. The molecule has 5 aliphatic carbocycles. The first-order valence-electron chi connectivity index (χ1n) is 12.9. The summed E-state index contributed by atoms with van der Waals surface area (Å²) in [7, 11) is 0. The van der Waals surface area contributed by atoms with Gasteiger partial charge in [0.1, 0.15) is 6.10 Å². The van der Waals surface area contributed by atoms with Crippen LogP contribution in [0.5, 0.6) is 0 Å². The molecule has 32 heavy (non-hydrogen) atoms. The Morgan fingerprint density at radius 1 is 0.969 bits per heavy atom. The number of allylic oxidation sites excluding steroid dienone is 3. The lowest BCUT2D eigenvalue weighted by atomic mass is 9.46. The Kier molecular flexibility index (Phi) is 5.49. The van der Waals surface area contributed by atoms with Crippen molar-refractivity contribution >= 4 is 17.5 Å². The maximum Gasteiger partial charge on any atom is 0.309 e. The smallest absolute Gasteiger partial charge is 0.309 e. The van der Waals surface area contributed by atoms with Gasteiger partial charge in [0.15, 0.2) is 11.6 Å². The van der Waals surface area contributed by atoms with Crippen LogP contribution in [0.25, 0.3) is 0 Å². The van der Waals surface area contributed by atoms with Gasteiger partial charge in [0.05, 0.1) is 5.92 Å². The summed E-state index contributed by atoms with van der Waals surface area (Å²) in [5.41, 5.74) is 1.72. The van der Waals surface area contributed by atoms with Crippen molar-refractivity contribution < 1.29 is 19.1 Å². The first-order valence-corrected chi connectivity index (χ1v) is 12.9. The number of Topliss-reactive ketones (excluding diaryl/α,β-unsaturated/α-hetero) is 2. The highest BCUT2D eigenvalue weighted by molar-refractivity contribution is 5.98. The SMILES string of the molecule is CC(=O)C1=CC[C@H]2[C@@H]3CC(=O)C4=C[C@@H](OC(=O)C5CCCCC5)CC[C@]4(C)[C@H]3CC[C@]12C. The van der Waals surface area contributed by atoms with E-state index >= 15 is 0 Å². The highest BCUT2D eigenvalue weighted by Gasteiger charge is 2.59. The number of carbonyl (C=O) groups is 3. The van der Waals surface area contributed by atoms with Crippen molar-refractivity contribution in [1.29, 1.82) is 0 Å². The Morgan fingerprint density at radius 3 is 2.41 bits per heavy atom. The van der Waals surface area contributed by atoms with Crippen LogP contribution in [0, 0.1) is 34.5 Å². The molecule has 174 valence electrons. The van der Waals surface area contributed by atoms with Gasteiger partial charge in [-0.3, -0.25) is 14.4 Å². The summed E-state index contributed by atoms with van der Waals surface area (Å²) < 4.78 is 5.92. The van der Waals surface area contributed by atoms with E-state index in [0.29, 0.717) is 24.2 Å². The van der Waals surface area contributed by atoms with Gasteiger partial charge in [0, 0.05) is 12.0 Å². The zero-order chi connectivity index (χ0) is 22.7. The molecule has 5 rings (SSSR count). The van der Waals surface area contributed by atoms with Gasteiger partial charge >= 0.3 is 5.97 Å². The molecule has 0 aromatic carbocycles. The van der Waals surface area contributed by atoms with Gasteiger partial charge in [-0.15, -0.1) is 0 Å². The Hall–Kier alpha value is -1.71. The second-order valence-electron chi connectivity index (χ2n) is 11.7. The van der Waals surface area contributed by atoms with Crippen molar-refractivity contribution in [3.05, 3.63) is 23.3 Å². The molecule has 0 bridgehead atoms. The molecule has 0 aromatic rings. The van der Waals surface area contributed by atoms with Crippen LogP contribution >= 0.6 is 0 Å². The average molecular weight is 439 g/mol. The summed E-state index contributed by atoms with van der Waals surface area (Å²) in [6.45, 7) is 6.23. The largest absolute Gasteiger partial charge is 0.458 e. The van der Waals surface area contributed by atoms with Gasteiger partial charge in [-0.25, -0.2) is 0 Å². The van der Waals surface area contributed by atoms with Crippen molar-refractivity contribution in [2.75, 3.05) is 0 Å². The number of ether oxygens (including phenoxy) is 1. The lowest BCUT2D eigenvalue weighted by Crippen LogP contribution is -2.53. The third-order valence-electron chi connectivity index (χ3n) is 10.1. The number of hydrogen-bond donors (Lipinski definition) is 0. The maximum absolute atomic E-state index is 13.4. The molecule has 5 aliphatic rings. The fourth-order valence-electron chi connectivity index (χ4n) is 8.31. The molecule has 6 atom stereocenters. The fourth-order valence-corrected chi connectivity index (χ4v) is 8.31. The van der Waals surface area contributed by atoms with E-state index in [1.54, 1.807) is 6.92 Å². The van der Waals surface area contributed by atoms with Gasteiger partial charge in [0.25, 0.3) is 0 Å². The molecule has 0 saturated heterocycles. The summed E-state index contributed by atoms with van der Waals surface area (Å²) >= 11 is 0. The van der Waals surface area contributed by atoms with Gasteiger partial charge in [-0.1, -0.05) is 39.2 Å². The first kappa shape index (κ1) is 22.1. The minimum absolute atomic E-state index is 0.0447. The van der Waals surface area contributed by atoms with E-state index in [1.165, 1.54) is 6.42 Å². The monoisotopic (exact) mass is 438 g/mol. The normalized spacial score (nSPS) is 41.7. The van der Waals surface area contributed by atoms with Crippen LogP contribution in [-0.2, 0) is 19.1 Å². The Labute approximate surface area is 192 Å². The second-order valence-corrected chi connectivity index (χ2v) is 11.7. The van der Waals surface area contributed by atoms with E-state index in [0.717, 1.165) is 68.9 Å². The lowest BCUT2D eigenvalue weighted by Gasteiger charge is -2.57. The molecular formula is C28H38O4. The van der Waals surface area contributed by atoms with Gasteiger partial charge in [-0.2, -0.15) is 0 Å². The van der Waals surface area contributed by atoms with Crippen molar-refractivity contribution in [3.8, 4) is 0 Å². The minimum atomic E-state index is -0.251. The molecule has 0 heterocycles. The Bertz CT molecular complexity index is 891. The number of carbonyl (C=O) groups excluding carboxylic acids is 3. The van der Waals surface area contributed by atoms with Gasteiger partial charge in [-0.05, 0) is 92.1 Å². The number of esters is 1. The summed E-state index contributed by atoms with van der Waals surface area (Å²) in [4.78, 5) is 38.4. The van der Waals surface area contributed by atoms with Crippen LogP contribution in [0.2, 0.25) is 0 Å². The fraction of sp³-hybridized carbons (Fsp3) is 0.750. The topological polar surface area (TPSA) is 60.4 Å². The molecule has 0 aromatic heterocycles. The molecular weight excluding hydrogens is 400 g/mol. The molecule has 3 saturated carbocycles. The van der Waals surface area contributed by atoms with Crippen molar-refractivity contribution in [3.63, 3.8) is 0 Å². The predicted octanol–water partition coefficient (Wildman–Crippen LogP) is 5.75. The van der Waals surface area contributed by atoms with Crippen LogP contribution in [0.4, 0.5) is 0 Å². The van der Waals surface area contributed by atoms with Crippen molar-refractivity contribution in [1.82, 2.24) is 0 Å².